The summed E-state index contributed by atoms with van der Waals surface area (Å²) in [6, 6.07) is 19.2. The number of quaternary nitrogens is 1. The van der Waals surface area contributed by atoms with Crippen molar-refractivity contribution in [2.24, 2.45) is 0 Å². The molecule has 2 heteroatoms. The van der Waals surface area contributed by atoms with E-state index in [4.69, 9.17) is 4.74 Å². The fourth-order valence-corrected chi connectivity index (χ4v) is 2.72. The molecular weight excluding hydrogens is 282 g/mol. The SMILES string of the molecule is CC(C)(c1ccccc1)c1ccc(OCCC[N+](C)(C)C)cc1. The summed E-state index contributed by atoms with van der Waals surface area (Å²) in [7, 11) is 6.63. The Morgan fingerprint density at radius 2 is 1.39 bits per heavy atom. The molecule has 0 aliphatic carbocycles. The van der Waals surface area contributed by atoms with Gasteiger partial charge in [-0.1, -0.05) is 56.3 Å². The van der Waals surface area contributed by atoms with Gasteiger partial charge in [-0.05, 0) is 23.3 Å². The molecule has 0 amide bonds. The lowest BCUT2D eigenvalue weighted by Gasteiger charge is -2.26. The molecule has 0 atom stereocenters. The quantitative estimate of drug-likeness (QED) is 0.541. The molecule has 0 spiro atoms. The minimum absolute atomic E-state index is 0.00348. The number of rotatable bonds is 7. The molecule has 0 bridgehead atoms. The first-order chi connectivity index (χ1) is 10.8. The molecular formula is C21H30NO+. The molecule has 0 saturated carbocycles. The van der Waals surface area contributed by atoms with Crippen LogP contribution in [-0.2, 0) is 5.41 Å². The topological polar surface area (TPSA) is 9.23 Å². The van der Waals surface area contributed by atoms with Crippen LogP contribution in [0.5, 0.6) is 5.75 Å². The highest BCUT2D eigenvalue weighted by Gasteiger charge is 2.22. The fourth-order valence-electron chi connectivity index (χ4n) is 2.72. The molecule has 0 heterocycles. The first-order valence-electron chi connectivity index (χ1n) is 8.38. The first kappa shape index (κ1) is 17.6. The second-order valence-electron chi connectivity index (χ2n) is 7.73. The van der Waals surface area contributed by atoms with Crippen LogP contribution in [0.3, 0.4) is 0 Å². The van der Waals surface area contributed by atoms with E-state index in [0.29, 0.717) is 0 Å². The van der Waals surface area contributed by atoms with Gasteiger partial charge in [-0.25, -0.2) is 0 Å². The molecule has 0 aliphatic rings. The molecule has 0 radical (unpaired) electrons. The van der Waals surface area contributed by atoms with Gasteiger partial charge in [0.15, 0.2) is 0 Å². The maximum atomic E-state index is 5.86. The molecule has 124 valence electrons. The van der Waals surface area contributed by atoms with Crippen molar-refractivity contribution in [3.8, 4) is 5.75 Å². The van der Waals surface area contributed by atoms with Crippen molar-refractivity contribution in [3.05, 3.63) is 65.7 Å². The van der Waals surface area contributed by atoms with Crippen LogP contribution in [0.1, 0.15) is 31.4 Å². The van der Waals surface area contributed by atoms with Crippen LogP contribution in [0, 0.1) is 0 Å². The maximum absolute atomic E-state index is 5.86. The predicted molar refractivity (Wildman–Crippen MR) is 98.0 cm³/mol. The number of hydrogen-bond acceptors (Lipinski definition) is 1. The van der Waals surface area contributed by atoms with Gasteiger partial charge >= 0.3 is 0 Å². The van der Waals surface area contributed by atoms with E-state index in [1.165, 1.54) is 11.1 Å². The molecule has 0 saturated heterocycles. The van der Waals surface area contributed by atoms with E-state index in [0.717, 1.165) is 29.8 Å². The molecule has 23 heavy (non-hydrogen) atoms. The summed E-state index contributed by atoms with van der Waals surface area (Å²) in [5.74, 6) is 0.957. The van der Waals surface area contributed by atoms with Gasteiger partial charge in [0.05, 0.1) is 34.3 Å². The van der Waals surface area contributed by atoms with E-state index in [-0.39, 0.29) is 5.41 Å². The van der Waals surface area contributed by atoms with Gasteiger partial charge in [0.1, 0.15) is 5.75 Å². The second-order valence-corrected chi connectivity index (χ2v) is 7.73. The predicted octanol–water partition coefficient (Wildman–Crippen LogP) is 4.49. The molecule has 2 aromatic carbocycles. The minimum atomic E-state index is 0.00348. The normalized spacial score (nSPS) is 12.2. The van der Waals surface area contributed by atoms with Crippen molar-refractivity contribution in [3.63, 3.8) is 0 Å². The van der Waals surface area contributed by atoms with Gasteiger partial charge in [0.2, 0.25) is 0 Å². The lowest BCUT2D eigenvalue weighted by Crippen LogP contribution is -2.35. The van der Waals surface area contributed by atoms with Crippen LogP contribution in [0.2, 0.25) is 0 Å². The Labute approximate surface area is 141 Å². The summed E-state index contributed by atoms with van der Waals surface area (Å²) in [6.07, 6.45) is 1.07. The molecule has 2 nitrogen and oxygen atoms in total. The van der Waals surface area contributed by atoms with Crippen LogP contribution in [-0.4, -0.2) is 38.8 Å². The Kier molecular flexibility index (Phi) is 5.48. The van der Waals surface area contributed by atoms with Gasteiger partial charge in [0.25, 0.3) is 0 Å². The first-order valence-corrected chi connectivity index (χ1v) is 8.38. The summed E-state index contributed by atoms with van der Waals surface area (Å²) >= 11 is 0. The van der Waals surface area contributed by atoms with Crippen molar-refractivity contribution in [1.29, 1.82) is 0 Å². The van der Waals surface area contributed by atoms with E-state index in [2.05, 4.69) is 89.6 Å². The summed E-state index contributed by atoms with van der Waals surface area (Å²) in [4.78, 5) is 0. The zero-order valence-corrected chi connectivity index (χ0v) is 15.2. The van der Waals surface area contributed by atoms with Gasteiger partial charge in [-0.2, -0.15) is 0 Å². The molecule has 2 rings (SSSR count). The monoisotopic (exact) mass is 312 g/mol. The van der Waals surface area contributed by atoms with Gasteiger partial charge < -0.3 is 9.22 Å². The molecule has 0 aliphatic heterocycles. The van der Waals surface area contributed by atoms with E-state index >= 15 is 0 Å². The molecule has 0 fully saturated rings. The third kappa shape index (κ3) is 5.11. The Morgan fingerprint density at radius 3 is 1.96 bits per heavy atom. The van der Waals surface area contributed by atoms with E-state index in [1.54, 1.807) is 0 Å². The van der Waals surface area contributed by atoms with Crippen molar-refractivity contribution in [1.82, 2.24) is 0 Å². The number of nitrogens with zero attached hydrogens (tertiary/aromatic N) is 1. The lowest BCUT2D eigenvalue weighted by atomic mass is 9.78. The number of benzene rings is 2. The van der Waals surface area contributed by atoms with Crippen LogP contribution in [0.15, 0.2) is 54.6 Å². The molecule has 2 aromatic rings. The van der Waals surface area contributed by atoms with Gasteiger partial charge in [-0.3, -0.25) is 0 Å². The Hall–Kier alpha value is -1.80. The van der Waals surface area contributed by atoms with Crippen LogP contribution in [0.4, 0.5) is 0 Å². The van der Waals surface area contributed by atoms with E-state index < -0.39 is 0 Å². The molecule has 0 aromatic heterocycles. The Bertz CT molecular complexity index is 594. The highest BCUT2D eigenvalue weighted by Crippen LogP contribution is 2.32. The van der Waals surface area contributed by atoms with Gasteiger partial charge in [0, 0.05) is 11.8 Å². The Morgan fingerprint density at radius 1 is 0.826 bits per heavy atom. The molecule has 0 unspecified atom stereocenters. The summed E-state index contributed by atoms with van der Waals surface area (Å²) in [6.45, 7) is 6.43. The van der Waals surface area contributed by atoms with Crippen LogP contribution < -0.4 is 4.74 Å². The summed E-state index contributed by atoms with van der Waals surface area (Å²) in [5.41, 5.74) is 2.64. The molecule has 0 N–H and O–H groups in total. The zero-order chi connectivity index (χ0) is 16.9. The summed E-state index contributed by atoms with van der Waals surface area (Å²) < 4.78 is 6.84. The van der Waals surface area contributed by atoms with Crippen molar-refractivity contribution < 1.29 is 9.22 Å². The van der Waals surface area contributed by atoms with Crippen molar-refractivity contribution >= 4 is 0 Å². The largest absolute Gasteiger partial charge is 0.493 e. The smallest absolute Gasteiger partial charge is 0.119 e. The third-order valence-corrected chi connectivity index (χ3v) is 4.31. The lowest BCUT2D eigenvalue weighted by molar-refractivity contribution is -0.870. The highest BCUT2D eigenvalue weighted by atomic mass is 16.5. The Balaban J connectivity index is 1.97. The average molecular weight is 312 g/mol. The number of ether oxygens (including phenoxy) is 1. The van der Waals surface area contributed by atoms with E-state index in [1.807, 2.05) is 0 Å². The van der Waals surface area contributed by atoms with Crippen LogP contribution >= 0.6 is 0 Å². The third-order valence-electron chi connectivity index (χ3n) is 4.31. The standard InChI is InChI=1S/C21H30NO/c1-21(2,18-10-7-6-8-11-18)19-12-14-20(15-13-19)23-17-9-16-22(3,4)5/h6-8,10-15H,9,16-17H2,1-5H3/q+1. The summed E-state index contributed by atoms with van der Waals surface area (Å²) in [5, 5.41) is 0. The average Bonchev–Trinajstić information content (AvgIpc) is 2.52. The maximum Gasteiger partial charge on any atom is 0.119 e. The minimum Gasteiger partial charge on any atom is -0.493 e. The van der Waals surface area contributed by atoms with E-state index in [9.17, 15) is 0 Å². The van der Waals surface area contributed by atoms with Gasteiger partial charge in [-0.15, -0.1) is 0 Å². The van der Waals surface area contributed by atoms with Crippen molar-refractivity contribution in [2.45, 2.75) is 25.7 Å². The fraction of sp³-hybridized carbons (Fsp3) is 0.429. The zero-order valence-electron chi connectivity index (χ0n) is 15.2. The second kappa shape index (κ2) is 7.18. The number of hydrogen-bond donors (Lipinski definition) is 0. The highest BCUT2D eigenvalue weighted by molar-refractivity contribution is 5.39. The van der Waals surface area contributed by atoms with Crippen molar-refractivity contribution in [2.75, 3.05) is 34.3 Å². The van der Waals surface area contributed by atoms with Crippen LogP contribution in [0.25, 0.3) is 0 Å².